The van der Waals surface area contributed by atoms with Crippen LogP contribution in [0.5, 0.6) is 0 Å². The summed E-state index contributed by atoms with van der Waals surface area (Å²) in [4.78, 5) is 26.7. The van der Waals surface area contributed by atoms with E-state index in [1.807, 2.05) is 47.1 Å². The molecule has 2 aliphatic rings. The summed E-state index contributed by atoms with van der Waals surface area (Å²) < 4.78 is 16.0. The molecule has 0 unspecified atom stereocenters. The van der Waals surface area contributed by atoms with E-state index in [2.05, 4.69) is 32.8 Å². The average molecular weight is 537 g/mol. The number of likely N-dealkylation sites (N-methyl/N-ethyl adjacent to an activating group) is 1. The topological polar surface area (TPSA) is 65.7 Å². The third kappa shape index (κ3) is 4.59. The second kappa shape index (κ2) is 10.2. The Bertz CT molecular complexity index is 1680. The van der Waals surface area contributed by atoms with Crippen molar-refractivity contribution >= 4 is 22.4 Å². The highest BCUT2D eigenvalue weighted by atomic mass is 19.1. The van der Waals surface area contributed by atoms with Crippen LogP contribution in [-0.4, -0.2) is 86.5 Å². The van der Waals surface area contributed by atoms with Crippen LogP contribution in [0.25, 0.3) is 39.5 Å². The SMILES string of the molecule is Cc1nc(-c2nc3ccccn3c2-c2ccc3ncc(N4CCC(N5CCN(C)CC5)CC4)cc3n2)ccc1F. The van der Waals surface area contributed by atoms with E-state index < -0.39 is 0 Å². The standard InChI is InChI=1S/C31H33FN8/c1-21-24(32)6-7-26(34-21)30-31(40-12-4-3-5-29(40)36-30)27-9-8-25-28(35-27)19-23(20-33-25)38-13-10-22(11-14-38)39-17-15-37(2)16-18-39/h3-9,12,19-20,22H,10-11,13-18H2,1-2H3. The number of fused-ring (bicyclic) bond motifs is 2. The predicted octanol–water partition coefficient (Wildman–Crippen LogP) is 4.67. The lowest BCUT2D eigenvalue weighted by molar-refractivity contribution is 0.0982. The number of imidazole rings is 1. The van der Waals surface area contributed by atoms with Gasteiger partial charge in [0, 0.05) is 51.5 Å². The molecule has 0 amide bonds. The number of halogens is 1. The Hall–Kier alpha value is -3.95. The van der Waals surface area contributed by atoms with Crippen LogP contribution in [0.1, 0.15) is 18.5 Å². The lowest BCUT2D eigenvalue weighted by atomic mass is 10.0. The van der Waals surface area contributed by atoms with E-state index in [1.54, 1.807) is 13.0 Å². The van der Waals surface area contributed by atoms with Crippen LogP contribution < -0.4 is 4.90 Å². The smallest absolute Gasteiger partial charge is 0.144 e. The van der Waals surface area contributed by atoms with E-state index >= 15 is 0 Å². The number of piperazine rings is 1. The van der Waals surface area contributed by atoms with Crippen LogP contribution in [0, 0.1) is 12.7 Å². The van der Waals surface area contributed by atoms with Gasteiger partial charge < -0.3 is 9.80 Å². The molecule has 7 heterocycles. The summed E-state index contributed by atoms with van der Waals surface area (Å²) in [6, 6.07) is 15.8. The average Bonchev–Trinajstić information content (AvgIpc) is 3.38. The van der Waals surface area contributed by atoms with Gasteiger partial charge in [-0.25, -0.2) is 19.3 Å². The number of nitrogens with zero attached hydrogens (tertiary/aromatic N) is 8. The fourth-order valence-electron chi connectivity index (χ4n) is 6.07. The van der Waals surface area contributed by atoms with Crippen LogP contribution in [0.3, 0.4) is 0 Å². The lowest BCUT2D eigenvalue weighted by Crippen LogP contribution is -2.52. The van der Waals surface area contributed by atoms with E-state index in [0.717, 1.165) is 59.9 Å². The minimum atomic E-state index is -0.330. The summed E-state index contributed by atoms with van der Waals surface area (Å²) in [6.07, 6.45) is 6.29. The number of anilines is 1. The zero-order valence-electron chi connectivity index (χ0n) is 23.0. The molecular weight excluding hydrogens is 503 g/mol. The summed E-state index contributed by atoms with van der Waals surface area (Å²) in [6.45, 7) is 8.38. The Morgan fingerprint density at radius 3 is 2.42 bits per heavy atom. The first kappa shape index (κ1) is 25.0. The molecule has 0 radical (unpaired) electrons. The van der Waals surface area contributed by atoms with Gasteiger partial charge in [0.1, 0.15) is 22.9 Å². The molecule has 0 N–H and O–H groups in total. The molecule has 0 atom stereocenters. The van der Waals surface area contributed by atoms with Crippen LogP contribution in [-0.2, 0) is 0 Å². The van der Waals surface area contributed by atoms with Gasteiger partial charge in [-0.1, -0.05) is 6.07 Å². The third-order valence-corrected chi connectivity index (χ3v) is 8.44. The van der Waals surface area contributed by atoms with E-state index in [4.69, 9.17) is 15.0 Å². The van der Waals surface area contributed by atoms with Gasteiger partial charge in [-0.3, -0.25) is 14.3 Å². The number of rotatable bonds is 4. The highest BCUT2D eigenvalue weighted by Crippen LogP contribution is 2.33. The monoisotopic (exact) mass is 536 g/mol. The van der Waals surface area contributed by atoms with E-state index in [1.165, 1.54) is 32.0 Å². The number of hydrogen-bond donors (Lipinski definition) is 0. The van der Waals surface area contributed by atoms with Crippen molar-refractivity contribution in [2.24, 2.45) is 0 Å². The van der Waals surface area contributed by atoms with E-state index in [-0.39, 0.29) is 5.82 Å². The van der Waals surface area contributed by atoms with Crippen molar-refractivity contribution in [3.8, 4) is 22.8 Å². The van der Waals surface area contributed by atoms with Gasteiger partial charge >= 0.3 is 0 Å². The molecular formula is C31H33FN8. The first-order valence-electron chi connectivity index (χ1n) is 14.1. The molecule has 0 saturated carbocycles. The lowest BCUT2D eigenvalue weighted by Gasteiger charge is -2.42. The van der Waals surface area contributed by atoms with Gasteiger partial charge in [-0.15, -0.1) is 0 Å². The maximum Gasteiger partial charge on any atom is 0.144 e. The maximum absolute atomic E-state index is 14.0. The molecule has 0 aliphatic carbocycles. The molecule has 40 heavy (non-hydrogen) atoms. The van der Waals surface area contributed by atoms with Gasteiger partial charge in [0.2, 0.25) is 0 Å². The number of aromatic nitrogens is 5. The largest absolute Gasteiger partial charge is 0.370 e. The molecule has 2 saturated heterocycles. The molecule has 0 aromatic carbocycles. The first-order valence-corrected chi connectivity index (χ1v) is 14.1. The highest BCUT2D eigenvalue weighted by molar-refractivity contribution is 5.84. The molecule has 5 aromatic rings. The molecule has 0 bridgehead atoms. The quantitative estimate of drug-likeness (QED) is 0.331. The normalized spacial score (nSPS) is 17.7. The molecule has 7 rings (SSSR count). The summed E-state index contributed by atoms with van der Waals surface area (Å²) in [5, 5.41) is 0. The zero-order valence-corrected chi connectivity index (χ0v) is 23.0. The van der Waals surface area contributed by atoms with Crippen LogP contribution in [0.4, 0.5) is 10.1 Å². The molecule has 2 fully saturated rings. The Balaban J connectivity index is 1.21. The second-order valence-corrected chi connectivity index (χ2v) is 11.0. The fraction of sp³-hybridized carbons (Fsp3) is 0.355. The van der Waals surface area contributed by atoms with Gasteiger partial charge in [-0.2, -0.15) is 0 Å². The fourth-order valence-corrected chi connectivity index (χ4v) is 6.07. The predicted molar refractivity (Wildman–Crippen MR) is 156 cm³/mol. The van der Waals surface area contributed by atoms with Crippen LogP contribution in [0.2, 0.25) is 0 Å². The molecule has 5 aromatic heterocycles. The van der Waals surface area contributed by atoms with Crippen LogP contribution >= 0.6 is 0 Å². The van der Waals surface area contributed by atoms with Crippen molar-refractivity contribution in [3.63, 3.8) is 0 Å². The molecule has 0 spiro atoms. The third-order valence-electron chi connectivity index (χ3n) is 8.44. The minimum absolute atomic E-state index is 0.330. The van der Waals surface area contributed by atoms with Crippen molar-refractivity contribution in [3.05, 3.63) is 72.4 Å². The second-order valence-electron chi connectivity index (χ2n) is 11.0. The van der Waals surface area contributed by atoms with Crippen molar-refractivity contribution in [2.75, 3.05) is 51.2 Å². The van der Waals surface area contributed by atoms with E-state index in [9.17, 15) is 4.39 Å². The van der Waals surface area contributed by atoms with Crippen molar-refractivity contribution in [1.29, 1.82) is 0 Å². The number of pyridine rings is 4. The number of piperidine rings is 1. The van der Waals surface area contributed by atoms with Crippen LogP contribution in [0.15, 0.2) is 60.9 Å². The van der Waals surface area contributed by atoms with Gasteiger partial charge in [0.15, 0.2) is 0 Å². The maximum atomic E-state index is 14.0. The molecule has 204 valence electrons. The van der Waals surface area contributed by atoms with Crippen molar-refractivity contribution in [1.82, 2.24) is 34.1 Å². The molecule has 2 aliphatic heterocycles. The zero-order chi connectivity index (χ0) is 27.2. The number of hydrogen-bond acceptors (Lipinski definition) is 7. The first-order chi connectivity index (χ1) is 19.5. The van der Waals surface area contributed by atoms with Gasteiger partial charge in [0.05, 0.1) is 40.0 Å². The van der Waals surface area contributed by atoms with E-state index in [0.29, 0.717) is 23.1 Å². The van der Waals surface area contributed by atoms with Gasteiger partial charge in [-0.05, 0) is 69.3 Å². The Morgan fingerprint density at radius 1 is 0.825 bits per heavy atom. The summed E-state index contributed by atoms with van der Waals surface area (Å²) >= 11 is 0. The summed E-state index contributed by atoms with van der Waals surface area (Å²) in [7, 11) is 2.21. The number of aryl methyl sites for hydroxylation is 1. The Labute approximate surface area is 233 Å². The summed E-state index contributed by atoms with van der Waals surface area (Å²) in [5.74, 6) is -0.330. The molecule has 8 nitrogen and oxygen atoms in total. The Kier molecular flexibility index (Phi) is 6.40. The van der Waals surface area contributed by atoms with Crippen molar-refractivity contribution < 1.29 is 4.39 Å². The summed E-state index contributed by atoms with van der Waals surface area (Å²) in [5.41, 5.74) is 6.84. The minimum Gasteiger partial charge on any atom is -0.370 e. The van der Waals surface area contributed by atoms with Crippen molar-refractivity contribution in [2.45, 2.75) is 25.8 Å². The molecule has 9 heteroatoms. The van der Waals surface area contributed by atoms with Gasteiger partial charge in [0.25, 0.3) is 0 Å². The highest BCUT2D eigenvalue weighted by Gasteiger charge is 2.27. The Morgan fingerprint density at radius 2 is 1.62 bits per heavy atom.